The summed E-state index contributed by atoms with van der Waals surface area (Å²) in [7, 11) is 2.95. The molecule has 8 nitrogen and oxygen atoms in total. The minimum atomic E-state index is -1.06. The number of methoxy groups -OCH3 is 2. The third kappa shape index (κ3) is 4.46. The van der Waals surface area contributed by atoms with Crippen LogP contribution in [0.15, 0.2) is 78.4 Å². The first-order chi connectivity index (χ1) is 16.8. The van der Waals surface area contributed by atoms with Gasteiger partial charge in [0, 0.05) is 12.1 Å². The number of carboxylic acids is 1. The van der Waals surface area contributed by atoms with Crippen LogP contribution >= 0.6 is 0 Å². The van der Waals surface area contributed by atoms with Crippen LogP contribution in [0.2, 0.25) is 0 Å². The second-order valence-electron chi connectivity index (χ2n) is 7.91. The molecule has 1 atom stereocenters. The monoisotopic (exact) mass is 473 g/mol. The molecule has 1 saturated heterocycles. The SMILES string of the molecule is COc1ccc(/C(O)=C2/C(=O)C(=O)N(Cc3ccc(C(=O)O)cc3)C2c2ccccc2)cc1OC. The van der Waals surface area contributed by atoms with Gasteiger partial charge < -0.3 is 24.6 Å². The van der Waals surface area contributed by atoms with Crippen LogP contribution in [0.5, 0.6) is 11.5 Å². The van der Waals surface area contributed by atoms with Gasteiger partial charge in [-0.05, 0) is 41.5 Å². The minimum absolute atomic E-state index is 0.0458. The molecule has 0 radical (unpaired) electrons. The lowest BCUT2D eigenvalue weighted by Gasteiger charge is -2.25. The zero-order valence-corrected chi connectivity index (χ0v) is 19.1. The number of benzene rings is 3. The molecule has 1 aliphatic heterocycles. The maximum absolute atomic E-state index is 13.2. The largest absolute Gasteiger partial charge is 0.507 e. The highest BCUT2D eigenvalue weighted by atomic mass is 16.5. The molecule has 1 aliphatic rings. The second-order valence-corrected chi connectivity index (χ2v) is 7.91. The van der Waals surface area contributed by atoms with Gasteiger partial charge in [0.1, 0.15) is 5.76 Å². The van der Waals surface area contributed by atoms with Crippen LogP contribution in [-0.4, -0.2) is 47.0 Å². The van der Waals surface area contributed by atoms with E-state index in [1.807, 2.05) is 6.07 Å². The highest BCUT2D eigenvalue weighted by molar-refractivity contribution is 6.46. The van der Waals surface area contributed by atoms with Crippen molar-refractivity contribution in [2.45, 2.75) is 12.6 Å². The fourth-order valence-corrected chi connectivity index (χ4v) is 4.11. The van der Waals surface area contributed by atoms with Crippen molar-refractivity contribution in [2.75, 3.05) is 14.2 Å². The molecule has 1 fully saturated rings. The van der Waals surface area contributed by atoms with Crippen LogP contribution in [0.4, 0.5) is 0 Å². The van der Waals surface area contributed by atoms with E-state index in [1.165, 1.54) is 37.3 Å². The summed E-state index contributed by atoms with van der Waals surface area (Å²) in [6.45, 7) is 0.0484. The lowest BCUT2D eigenvalue weighted by atomic mass is 9.95. The van der Waals surface area contributed by atoms with E-state index in [0.717, 1.165) is 0 Å². The highest BCUT2D eigenvalue weighted by Gasteiger charge is 2.46. The Morgan fingerprint density at radius 2 is 1.49 bits per heavy atom. The van der Waals surface area contributed by atoms with Crippen molar-refractivity contribution >= 4 is 23.4 Å². The Labute approximate surface area is 201 Å². The molecule has 8 heteroatoms. The van der Waals surface area contributed by atoms with Crippen molar-refractivity contribution in [2.24, 2.45) is 0 Å². The molecule has 0 spiro atoms. The topological polar surface area (TPSA) is 113 Å². The van der Waals surface area contributed by atoms with Gasteiger partial charge in [-0.3, -0.25) is 9.59 Å². The number of carbonyl (C=O) groups is 3. The lowest BCUT2D eigenvalue weighted by Crippen LogP contribution is -2.29. The number of carboxylic acid groups (broad SMARTS) is 1. The molecule has 178 valence electrons. The van der Waals surface area contributed by atoms with Crippen LogP contribution in [0.1, 0.15) is 33.1 Å². The Bertz CT molecular complexity index is 1310. The van der Waals surface area contributed by atoms with Crippen LogP contribution in [0.25, 0.3) is 5.76 Å². The number of ketones is 1. The first-order valence-corrected chi connectivity index (χ1v) is 10.7. The number of hydrogen-bond acceptors (Lipinski definition) is 6. The summed E-state index contributed by atoms with van der Waals surface area (Å²) in [5.74, 6) is -2.15. The number of hydrogen-bond donors (Lipinski definition) is 2. The van der Waals surface area contributed by atoms with Crippen molar-refractivity contribution in [3.05, 3.63) is 101 Å². The molecule has 35 heavy (non-hydrogen) atoms. The van der Waals surface area contributed by atoms with Gasteiger partial charge in [-0.15, -0.1) is 0 Å². The Balaban J connectivity index is 1.81. The molecule has 0 aromatic heterocycles. The summed E-state index contributed by atoms with van der Waals surface area (Å²) < 4.78 is 10.6. The fraction of sp³-hybridized carbons (Fsp3) is 0.148. The van der Waals surface area contributed by atoms with Crippen LogP contribution in [-0.2, 0) is 16.1 Å². The van der Waals surface area contributed by atoms with E-state index < -0.39 is 23.7 Å². The molecular weight excluding hydrogens is 450 g/mol. The molecular formula is C27H23NO7. The van der Waals surface area contributed by atoms with E-state index in [9.17, 15) is 19.5 Å². The summed E-state index contributed by atoms with van der Waals surface area (Å²) in [6, 6.07) is 18.9. The Hall–Kier alpha value is -4.59. The van der Waals surface area contributed by atoms with Gasteiger partial charge in [0.2, 0.25) is 0 Å². The highest BCUT2D eigenvalue weighted by Crippen LogP contribution is 2.41. The third-order valence-electron chi connectivity index (χ3n) is 5.87. The number of likely N-dealkylation sites (tertiary alicyclic amines) is 1. The molecule has 0 saturated carbocycles. The van der Waals surface area contributed by atoms with Gasteiger partial charge >= 0.3 is 5.97 Å². The molecule has 4 rings (SSSR count). The van der Waals surface area contributed by atoms with Gasteiger partial charge in [0.15, 0.2) is 11.5 Å². The van der Waals surface area contributed by atoms with Gasteiger partial charge in [-0.2, -0.15) is 0 Å². The van der Waals surface area contributed by atoms with Crippen molar-refractivity contribution < 1.29 is 34.1 Å². The van der Waals surface area contributed by atoms with E-state index in [4.69, 9.17) is 14.6 Å². The Morgan fingerprint density at radius 3 is 2.09 bits per heavy atom. The first kappa shape index (κ1) is 23.6. The standard InChI is InChI=1S/C27H23NO7/c1-34-20-13-12-19(14-21(20)35-2)24(29)22-23(17-6-4-3-5-7-17)28(26(31)25(22)30)15-16-8-10-18(11-9-16)27(32)33/h3-14,23,29H,15H2,1-2H3,(H,32,33)/b24-22-. The minimum Gasteiger partial charge on any atom is -0.507 e. The number of aromatic carboxylic acids is 1. The first-order valence-electron chi connectivity index (χ1n) is 10.7. The number of nitrogens with zero attached hydrogens (tertiary/aromatic N) is 1. The summed E-state index contributed by atoms with van der Waals surface area (Å²) >= 11 is 0. The molecule has 1 heterocycles. The van der Waals surface area contributed by atoms with E-state index in [1.54, 1.807) is 48.5 Å². The number of rotatable bonds is 7. The molecule has 0 bridgehead atoms. The lowest BCUT2D eigenvalue weighted by molar-refractivity contribution is -0.140. The maximum Gasteiger partial charge on any atom is 0.335 e. The maximum atomic E-state index is 13.2. The number of aliphatic hydroxyl groups excluding tert-OH is 1. The number of Topliss-reactive ketones (excluding diaryl/α,β-unsaturated/α-hetero) is 1. The summed E-state index contributed by atoms with van der Waals surface area (Å²) in [5.41, 5.74) is 1.66. The number of carbonyl (C=O) groups excluding carboxylic acids is 2. The normalized spacial score (nSPS) is 16.9. The molecule has 3 aromatic carbocycles. The van der Waals surface area contributed by atoms with Crippen molar-refractivity contribution in [1.82, 2.24) is 4.90 Å². The number of ether oxygens (including phenoxy) is 2. The van der Waals surface area contributed by atoms with Crippen LogP contribution < -0.4 is 9.47 Å². The third-order valence-corrected chi connectivity index (χ3v) is 5.87. The molecule has 1 unspecified atom stereocenters. The van der Waals surface area contributed by atoms with Gasteiger partial charge in [-0.1, -0.05) is 42.5 Å². The van der Waals surface area contributed by atoms with Crippen molar-refractivity contribution in [3.63, 3.8) is 0 Å². The second kappa shape index (κ2) is 9.72. The smallest absolute Gasteiger partial charge is 0.335 e. The quantitative estimate of drug-likeness (QED) is 0.303. The molecule has 2 N–H and O–H groups in total. The Morgan fingerprint density at radius 1 is 0.857 bits per heavy atom. The van der Waals surface area contributed by atoms with Crippen LogP contribution in [0.3, 0.4) is 0 Å². The van der Waals surface area contributed by atoms with Crippen molar-refractivity contribution in [3.8, 4) is 11.5 Å². The predicted molar refractivity (Wildman–Crippen MR) is 127 cm³/mol. The summed E-state index contributed by atoms with van der Waals surface area (Å²) in [5, 5.41) is 20.4. The fourth-order valence-electron chi connectivity index (χ4n) is 4.11. The molecule has 3 aromatic rings. The summed E-state index contributed by atoms with van der Waals surface area (Å²) in [4.78, 5) is 38.9. The van der Waals surface area contributed by atoms with E-state index in [0.29, 0.717) is 28.2 Å². The van der Waals surface area contributed by atoms with Gasteiger partial charge in [0.05, 0.1) is 31.4 Å². The predicted octanol–water partition coefficient (Wildman–Crippen LogP) is 4.02. The Kier molecular flexibility index (Phi) is 6.55. The zero-order valence-electron chi connectivity index (χ0n) is 19.1. The zero-order chi connectivity index (χ0) is 25.1. The van der Waals surface area contributed by atoms with Crippen LogP contribution in [0, 0.1) is 0 Å². The summed E-state index contributed by atoms with van der Waals surface area (Å²) in [6.07, 6.45) is 0. The average Bonchev–Trinajstić information content (AvgIpc) is 3.13. The number of amides is 1. The van der Waals surface area contributed by atoms with E-state index >= 15 is 0 Å². The molecule has 1 amide bonds. The molecule has 0 aliphatic carbocycles. The van der Waals surface area contributed by atoms with Crippen molar-refractivity contribution in [1.29, 1.82) is 0 Å². The number of aliphatic hydroxyl groups is 1. The van der Waals surface area contributed by atoms with Gasteiger partial charge in [0.25, 0.3) is 11.7 Å². The van der Waals surface area contributed by atoms with Gasteiger partial charge in [-0.25, -0.2) is 4.79 Å². The van der Waals surface area contributed by atoms with E-state index in [2.05, 4.69) is 0 Å². The average molecular weight is 473 g/mol. The van der Waals surface area contributed by atoms with E-state index in [-0.39, 0.29) is 23.4 Å².